The van der Waals surface area contributed by atoms with E-state index >= 15 is 0 Å². The molecule has 1 N–H and O–H groups in total. The average Bonchev–Trinajstić information content (AvgIpc) is 3.31. The molecule has 8 nitrogen and oxygen atoms in total. The van der Waals surface area contributed by atoms with Crippen LogP contribution in [0.2, 0.25) is 0 Å². The summed E-state index contributed by atoms with van der Waals surface area (Å²) in [5.41, 5.74) is 2.79. The van der Waals surface area contributed by atoms with E-state index in [1.54, 1.807) is 29.7 Å². The summed E-state index contributed by atoms with van der Waals surface area (Å²) in [6.07, 6.45) is 3.72. The van der Waals surface area contributed by atoms with E-state index in [0.717, 1.165) is 29.7 Å². The van der Waals surface area contributed by atoms with E-state index in [-0.39, 0.29) is 17.9 Å². The molecule has 0 saturated carbocycles. The van der Waals surface area contributed by atoms with Crippen molar-refractivity contribution in [3.05, 3.63) is 120 Å². The number of thiazole rings is 1. The first kappa shape index (κ1) is 29.8. The zero-order chi connectivity index (χ0) is 30.3. The number of benzene rings is 3. The molecule has 0 fully saturated rings. The second-order valence-electron chi connectivity index (χ2n) is 10.1. The van der Waals surface area contributed by atoms with Gasteiger partial charge in [0.2, 0.25) is 0 Å². The summed E-state index contributed by atoms with van der Waals surface area (Å²) in [5.74, 6) is 0.544. The summed E-state index contributed by atoms with van der Waals surface area (Å²) in [6.45, 7) is 6.81. The minimum atomic E-state index is -0.745. The van der Waals surface area contributed by atoms with Crippen LogP contribution in [0.15, 0.2) is 93.9 Å². The van der Waals surface area contributed by atoms with Crippen molar-refractivity contribution in [2.24, 2.45) is 4.99 Å². The molecule has 4 aromatic rings. The van der Waals surface area contributed by atoms with Gasteiger partial charge in [0.05, 0.1) is 35.1 Å². The minimum absolute atomic E-state index is 0.0249. The number of aromatic nitrogens is 1. The minimum Gasteiger partial charge on any atom is -0.504 e. The molecule has 9 heteroatoms. The monoisotopic (exact) mass is 598 g/mol. The van der Waals surface area contributed by atoms with Gasteiger partial charge in [-0.3, -0.25) is 9.36 Å². The van der Waals surface area contributed by atoms with Gasteiger partial charge in [-0.25, -0.2) is 9.79 Å². The smallest absolute Gasteiger partial charge is 0.338 e. The second kappa shape index (κ2) is 13.6. The molecule has 0 saturated heterocycles. The largest absolute Gasteiger partial charge is 0.504 e. The van der Waals surface area contributed by atoms with E-state index < -0.39 is 12.0 Å². The zero-order valence-corrected chi connectivity index (χ0v) is 25.2. The topological polar surface area (TPSA) is 99.4 Å². The summed E-state index contributed by atoms with van der Waals surface area (Å²) in [5, 5.41) is 10.1. The van der Waals surface area contributed by atoms with Crippen LogP contribution in [0.4, 0.5) is 0 Å². The summed E-state index contributed by atoms with van der Waals surface area (Å²) in [4.78, 5) is 32.8. The van der Waals surface area contributed by atoms with Gasteiger partial charge in [0, 0.05) is 0 Å². The molecule has 43 heavy (non-hydrogen) atoms. The Balaban J connectivity index is 1.57. The third-order valence-electron chi connectivity index (χ3n) is 7.00. The normalized spacial score (nSPS) is 14.7. The Morgan fingerprint density at radius 2 is 1.81 bits per heavy atom. The Morgan fingerprint density at radius 3 is 2.53 bits per heavy atom. The van der Waals surface area contributed by atoms with Crippen LogP contribution in [-0.2, 0) is 16.1 Å². The molecule has 0 spiro atoms. The van der Waals surface area contributed by atoms with Gasteiger partial charge in [0.15, 0.2) is 16.3 Å². The van der Waals surface area contributed by atoms with Crippen LogP contribution in [0.5, 0.6) is 17.2 Å². The molecule has 1 aromatic heterocycles. The zero-order valence-electron chi connectivity index (χ0n) is 24.4. The highest BCUT2D eigenvalue weighted by Crippen LogP contribution is 2.32. The maximum atomic E-state index is 14.0. The molecule has 1 atom stereocenters. The van der Waals surface area contributed by atoms with Crippen molar-refractivity contribution in [1.82, 2.24) is 4.57 Å². The molecule has 0 radical (unpaired) electrons. The van der Waals surface area contributed by atoms with Crippen molar-refractivity contribution >= 4 is 23.4 Å². The molecule has 1 unspecified atom stereocenters. The molecular weight excluding hydrogens is 564 g/mol. The van der Waals surface area contributed by atoms with Gasteiger partial charge in [-0.15, -0.1) is 0 Å². The quantitative estimate of drug-likeness (QED) is 0.187. The van der Waals surface area contributed by atoms with Crippen LogP contribution in [0.1, 0.15) is 56.3 Å². The number of carbonyl (C=O) groups excluding carboxylic acids is 1. The third kappa shape index (κ3) is 6.73. The highest BCUT2D eigenvalue weighted by atomic mass is 32.1. The van der Waals surface area contributed by atoms with Gasteiger partial charge in [-0.2, -0.15) is 0 Å². The standard InChI is InChI=1S/C34H34N2O6S/c1-4-6-18-41-26-15-13-25(14-16-26)31-30(33(39)42-21-23-10-8-7-9-11-23)22(3)35-34-36(31)32(38)29(43-34)20-24-12-17-27(37)28(19-24)40-5-2/h7-17,19-20,31,37H,4-6,18,21H2,1-3H3. The highest BCUT2D eigenvalue weighted by Gasteiger charge is 2.33. The number of aromatic hydroxyl groups is 1. The van der Waals surface area contributed by atoms with Crippen LogP contribution in [0, 0.1) is 0 Å². The maximum absolute atomic E-state index is 14.0. The molecule has 0 amide bonds. The van der Waals surface area contributed by atoms with E-state index in [9.17, 15) is 14.7 Å². The first-order chi connectivity index (χ1) is 20.9. The second-order valence-corrected chi connectivity index (χ2v) is 11.1. The van der Waals surface area contributed by atoms with Gasteiger partial charge in [0.1, 0.15) is 12.4 Å². The summed E-state index contributed by atoms with van der Waals surface area (Å²) >= 11 is 1.24. The lowest BCUT2D eigenvalue weighted by Crippen LogP contribution is -2.39. The van der Waals surface area contributed by atoms with Crippen LogP contribution >= 0.6 is 11.3 Å². The van der Waals surface area contributed by atoms with Crippen LogP contribution in [-0.4, -0.2) is 28.9 Å². The molecule has 3 aromatic carbocycles. The summed E-state index contributed by atoms with van der Waals surface area (Å²) in [6, 6.07) is 21.1. The number of allylic oxidation sites excluding steroid dienone is 1. The SMILES string of the molecule is CCCCOc1ccc(C2C(C(=O)OCc3ccccc3)=C(C)N=c3sc(=Cc4ccc(O)c(OCC)c4)c(=O)n32)cc1. The molecule has 1 aliphatic rings. The molecule has 222 valence electrons. The molecule has 0 bridgehead atoms. The predicted molar refractivity (Wildman–Crippen MR) is 166 cm³/mol. The number of nitrogens with zero attached hydrogens (tertiary/aromatic N) is 2. The number of phenols is 1. The molecule has 1 aliphatic heterocycles. The number of unbranched alkanes of at least 4 members (excludes halogenated alkanes) is 1. The summed E-state index contributed by atoms with van der Waals surface area (Å²) in [7, 11) is 0. The number of hydrogen-bond acceptors (Lipinski definition) is 8. The van der Waals surface area contributed by atoms with E-state index in [1.165, 1.54) is 17.4 Å². The Kier molecular flexibility index (Phi) is 9.41. The molecule has 5 rings (SSSR count). The Bertz CT molecular complexity index is 1810. The summed E-state index contributed by atoms with van der Waals surface area (Å²) < 4.78 is 19.1. The Hall–Kier alpha value is -4.63. The number of esters is 1. The van der Waals surface area contributed by atoms with Crippen molar-refractivity contribution in [3.8, 4) is 17.2 Å². The third-order valence-corrected chi connectivity index (χ3v) is 7.98. The number of carbonyl (C=O) groups is 1. The van der Waals surface area contributed by atoms with Crippen LogP contribution in [0.25, 0.3) is 6.08 Å². The number of phenolic OH excluding ortho intramolecular Hbond substituents is 1. The van der Waals surface area contributed by atoms with Crippen LogP contribution in [0.3, 0.4) is 0 Å². The van der Waals surface area contributed by atoms with Gasteiger partial charge in [-0.05, 0) is 67.3 Å². The molecular formula is C34H34N2O6S. The van der Waals surface area contributed by atoms with Gasteiger partial charge < -0.3 is 19.3 Å². The van der Waals surface area contributed by atoms with E-state index in [2.05, 4.69) is 11.9 Å². The van der Waals surface area contributed by atoms with E-state index in [4.69, 9.17) is 14.2 Å². The lowest BCUT2D eigenvalue weighted by molar-refractivity contribution is -0.140. The van der Waals surface area contributed by atoms with Crippen molar-refractivity contribution in [2.45, 2.75) is 46.3 Å². The van der Waals surface area contributed by atoms with Gasteiger partial charge in [-0.1, -0.05) is 73.2 Å². The van der Waals surface area contributed by atoms with Crippen molar-refractivity contribution < 1.29 is 24.1 Å². The number of ether oxygens (including phenoxy) is 3. The van der Waals surface area contributed by atoms with Gasteiger partial charge in [0.25, 0.3) is 5.56 Å². The van der Waals surface area contributed by atoms with Crippen molar-refractivity contribution in [1.29, 1.82) is 0 Å². The number of hydrogen-bond donors (Lipinski definition) is 1. The Labute approximate surface area is 253 Å². The van der Waals surface area contributed by atoms with Gasteiger partial charge >= 0.3 is 5.97 Å². The Morgan fingerprint density at radius 1 is 1.05 bits per heavy atom. The average molecular weight is 599 g/mol. The fourth-order valence-corrected chi connectivity index (χ4v) is 5.87. The highest BCUT2D eigenvalue weighted by molar-refractivity contribution is 7.07. The van der Waals surface area contributed by atoms with Crippen molar-refractivity contribution in [2.75, 3.05) is 13.2 Å². The first-order valence-electron chi connectivity index (χ1n) is 14.3. The van der Waals surface area contributed by atoms with E-state index in [1.807, 2.05) is 61.5 Å². The lowest BCUT2D eigenvalue weighted by atomic mass is 9.96. The number of rotatable bonds is 11. The van der Waals surface area contributed by atoms with Crippen molar-refractivity contribution in [3.63, 3.8) is 0 Å². The first-order valence-corrected chi connectivity index (χ1v) is 15.1. The lowest BCUT2D eigenvalue weighted by Gasteiger charge is -2.25. The fourth-order valence-electron chi connectivity index (χ4n) is 4.82. The molecule has 0 aliphatic carbocycles. The fraction of sp³-hybridized carbons (Fsp3) is 0.265. The maximum Gasteiger partial charge on any atom is 0.338 e. The predicted octanol–water partition coefficient (Wildman–Crippen LogP) is 5.26. The molecule has 2 heterocycles. The number of fused-ring (bicyclic) bond motifs is 1. The van der Waals surface area contributed by atoms with E-state index in [0.29, 0.717) is 45.1 Å². The van der Waals surface area contributed by atoms with Crippen LogP contribution < -0.4 is 24.4 Å².